The quantitative estimate of drug-likeness (QED) is 0.305. The Morgan fingerprint density at radius 1 is 1.17 bits per heavy atom. The van der Waals surface area contributed by atoms with Gasteiger partial charge in [0.25, 0.3) is 0 Å². The molecule has 0 atom stereocenters. The fourth-order valence-electron chi connectivity index (χ4n) is 3.50. The average Bonchev–Trinajstić information content (AvgIpc) is 3.33. The Labute approximate surface area is 198 Å². The zero-order valence-corrected chi connectivity index (χ0v) is 20.1. The fraction of sp³-hybridized carbons (Fsp3) is 0.350. The molecule has 0 saturated heterocycles. The van der Waals surface area contributed by atoms with Gasteiger partial charge in [0.05, 0.1) is 26.5 Å². The molecule has 1 N–H and O–H groups in total. The van der Waals surface area contributed by atoms with Gasteiger partial charge in [-0.2, -0.15) is 0 Å². The van der Waals surface area contributed by atoms with E-state index in [1.54, 1.807) is 6.07 Å². The van der Waals surface area contributed by atoms with Gasteiger partial charge in [-0.3, -0.25) is 4.79 Å². The highest BCUT2D eigenvalue weighted by molar-refractivity contribution is 7.99. The molecule has 30 heavy (non-hydrogen) atoms. The number of halogens is 3. The molecule has 0 spiro atoms. The third-order valence-corrected chi connectivity index (χ3v) is 8.04. The van der Waals surface area contributed by atoms with E-state index in [1.165, 1.54) is 46.7 Å². The molecule has 0 radical (unpaired) electrons. The summed E-state index contributed by atoms with van der Waals surface area (Å²) in [5.41, 5.74) is 3.03. The van der Waals surface area contributed by atoms with Gasteiger partial charge in [0.15, 0.2) is 11.0 Å². The van der Waals surface area contributed by atoms with Gasteiger partial charge in [0, 0.05) is 22.4 Å². The molecule has 0 unspecified atom stereocenters. The van der Waals surface area contributed by atoms with Crippen LogP contribution in [0.15, 0.2) is 22.7 Å². The van der Waals surface area contributed by atoms with E-state index in [4.69, 9.17) is 34.8 Å². The molecule has 1 aliphatic rings. The molecule has 1 aromatic carbocycles. The van der Waals surface area contributed by atoms with E-state index < -0.39 is 0 Å². The average molecular weight is 502 g/mol. The molecular weight excluding hydrogens is 483 g/mol. The maximum Gasteiger partial charge on any atom is 0.234 e. The van der Waals surface area contributed by atoms with E-state index in [0.29, 0.717) is 20.8 Å². The number of benzene rings is 1. The zero-order chi connectivity index (χ0) is 21.3. The van der Waals surface area contributed by atoms with Gasteiger partial charge in [-0.25, -0.2) is 0 Å². The number of carbonyl (C=O) groups is 1. The van der Waals surface area contributed by atoms with Crippen LogP contribution in [0.1, 0.15) is 30.2 Å². The SMILES string of the molecule is CCn1c(SCC(=O)Nc2cc(Cl)c(Cl)cc2Cl)nnc1-c1csc2c1CCCC2. The third-order valence-electron chi connectivity index (χ3n) is 4.95. The number of fused-ring (bicyclic) bond motifs is 1. The van der Waals surface area contributed by atoms with E-state index in [2.05, 4.69) is 32.4 Å². The smallest absolute Gasteiger partial charge is 0.234 e. The van der Waals surface area contributed by atoms with E-state index >= 15 is 0 Å². The van der Waals surface area contributed by atoms with Crippen LogP contribution < -0.4 is 5.32 Å². The van der Waals surface area contributed by atoms with Crippen molar-refractivity contribution in [1.29, 1.82) is 0 Å². The van der Waals surface area contributed by atoms with Gasteiger partial charge in [-0.05, 0) is 50.3 Å². The molecule has 2 aromatic heterocycles. The minimum Gasteiger partial charge on any atom is -0.324 e. The van der Waals surface area contributed by atoms with Gasteiger partial charge in [-0.1, -0.05) is 46.6 Å². The number of nitrogens with zero attached hydrogens (tertiary/aromatic N) is 3. The van der Waals surface area contributed by atoms with E-state index in [9.17, 15) is 4.79 Å². The van der Waals surface area contributed by atoms with Crippen LogP contribution in [-0.4, -0.2) is 26.4 Å². The molecule has 0 bridgehead atoms. The molecule has 1 amide bonds. The Kier molecular flexibility index (Phi) is 6.95. The summed E-state index contributed by atoms with van der Waals surface area (Å²) in [6.45, 7) is 2.79. The van der Waals surface area contributed by atoms with Crippen molar-refractivity contribution in [3.63, 3.8) is 0 Å². The molecule has 0 fully saturated rings. The van der Waals surface area contributed by atoms with Crippen molar-refractivity contribution in [1.82, 2.24) is 14.8 Å². The normalized spacial score (nSPS) is 13.3. The number of carbonyl (C=O) groups excluding carboxylic acids is 1. The van der Waals surface area contributed by atoms with Crippen LogP contribution in [0, 0.1) is 0 Å². The molecule has 158 valence electrons. The van der Waals surface area contributed by atoms with Crippen molar-refractivity contribution in [3.8, 4) is 11.4 Å². The van der Waals surface area contributed by atoms with Gasteiger partial charge in [0.2, 0.25) is 5.91 Å². The Bertz CT molecular complexity index is 1100. The van der Waals surface area contributed by atoms with Gasteiger partial charge in [-0.15, -0.1) is 21.5 Å². The summed E-state index contributed by atoms with van der Waals surface area (Å²) in [6, 6.07) is 3.05. The number of aromatic nitrogens is 3. The Hall–Kier alpha value is -1.25. The second-order valence-corrected chi connectivity index (χ2v) is 10.0. The maximum atomic E-state index is 12.4. The van der Waals surface area contributed by atoms with Crippen molar-refractivity contribution in [2.24, 2.45) is 0 Å². The summed E-state index contributed by atoms with van der Waals surface area (Å²) in [5, 5.41) is 15.5. The lowest BCUT2D eigenvalue weighted by Crippen LogP contribution is -2.15. The van der Waals surface area contributed by atoms with Crippen molar-refractivity contribution >= 4 is 69.5 Å². The van der Waals surface area contributed by atoms with Crippen molar-refractivity contribution < 1.29 is 4.79 Å². The maximum absolute atomic E-state index is 12.4. The second-order valence-electron chi connectivity index (χ2n) is 6.89. The molecule has 1 aliphatic carbocycles. The van der Waals surface area contributed by atoms with Crippen LogP contribution in [0.5, 0.6) is 0 Å². The summed E-state index contributed by atoms with van der Waals surface area (Å²) in [6.07, 6.45) is 4.72. The zero-order valence-electron chi connectivity index (χ0n) is 16.2. The molecule has 4 rings (SSSR count). The number of hydrogen-bond acceptors (Lipinski definition) is 5. The van der Waals surface area contributed by atoms with Crippen LogP contribution >= 0.6 is 57.9 Å². The Balaban J connectivity index is 1.48. The predicted molar refractivity (Wildman–Crippen MR) is 126 cm³/mol. The summed E-state index contributed by atoms with van der Waals surface area (Å²) < 4.78 is 2.07. The summed E-state index contributed by atoms with van der Waals surface area (Å²) in [4.78, 5) is 13.9. The standard InChI is InChI=1S/C20H19Cl3N4OS2/c1-2-27-19(12-9-29-17-6-4-3-5-11(12)17)25-26-20(27)30-10-18(28)24-16-8-14(22)13(21)7-15(16)23/h7-9H,2-6,10H2,1H3,(H,24,28). The molecule has 0 saturated carbocycles. The van der Waals surface area contributed by atoms with Gasteiger partial charge < -0.3 is 9.88 Å². The number of nitrogens with one attached hydrogen (secondary N) is 1. The first-order valence-corrected chi connectivity index (χ1v) is 12.6. The van der Waals surface area contributed by atoms with Crippen LogP contribution in [0.3, 0.4) is 0 Å². The summed E-state index contributed by atoms with van der Waals surface area (Å²) in [7, 11) is 0. The van der Waals surface area contributed by atoms with Gasteiger partial charge in [0.1, 0.15) is 0 Å². The van der Waals surface area contributed by atoms with E-state index in [-0.39, 0.29) is 11.7 Å². The lowest BCUT2D eigenvalue weighted by molar-refractivity contribution is -0.113. The Morgan fingerprint density at radius 2 is 1.93 bits per heavy atom. The van der Waals surface area contributed by atoms with Gasteiger partial charge >= 0.3 is 0 Å². The number of amides is 1. The minimum atomic E-state index is -0.208. The third kappa shape index (κ3) is 4.50. The number of rotatable bonds is 6. The van der Waals surface area contributed by atoms with Crippen LogP contribution in [0.25, 0.3) is 11.4 Å². The molecule has 0 aliphatic heterocycles. The summed E-state index contributed by atoms with van der Waals surface area (Å²) >= 11 is 21.2. The van der Waals surface area contributed by atoms with E-state index in [0.717, 1.165) is 30.4 Å². The Morgan fingerprint density at radius 3 is 2.73 bits per heavy atom. The molecule has 10 heteroatoms. The van der Waals surface area contributed by atoms with Crippen molar-refractivity contribution in [3.05, 3.63) is 43.0 Å². The second kappa shape index (κ2) is 9.49. The lowest BCUT2D eigenvalue weighted by atomic mass is 9.96. The molecular formula is C20H19Cl3N4OS2. The highest BCUT2D eigenvalue weighted by Gasteiger charge is 2.22. The fourth-order valence-corrected chi connectivity index (χ4v) is 6.02. The predicted octanol–water partition coefficient (Wildman–Crippen LogP) is 6.60. The van der Waals surface area contributed by atoms with Crippen LogP contribution in [0.4, 0.5) is 5.69 Å². The van der Waals surface area contributed by atoms with Crippen LogP contribution in [-0.2, 0) is 24.2 Å². The largest absolute Gasteiger partial charge is 0.324 e. The van der Waals surface area contributed by atoms with Crippen molar-refractivity contribution in [2.75, 3.05) is 11.1 Å². The first-order valence-electron chi connectivity index (χ1n) is 9.58. The highest BCUT2D eigenvalue weighted by Crippen LogP contribution is 2.37. The molecule has 5 nitrogen and oxygen atoms in total. The van der Waals surface area contributed by atoms with Crippen LogP contribution in [0.2, 0.25) is 15.1 Å². The number of thioether (sulfide) groups is 1. The number of hydrogen-bond donors (Lipinski definition) is 1. The molecule has 2 heterocycles. The topological polar surface area (TPSA) is 59.8 Å². The monoisotopic (exact) mass is 500 g/mol. The number of thiophene rings is 1. The first-order chi connectivity index (χ1) is 14.5. The minimum absolute atomic E-state index is 0.177. The van der Waals surface area contributed by atoms with E-state index in [1.807, 2.05) is 11.3 Å². The summed E-state index contributed by atoms with van der Waals surface area (Å²) in [5.74, 6) is 0.851. The highest BCUT2D eigenvalue weighted by atomic mass is 35.5. The lowest BCUT2D eigenvalue weighted by Gasteiger charge is -2.13. The molecule has 3 aromatic rings. The first kappa shape index (κ1) is 22.0. The number of aryl methyl sites for hydroxylation is 1. The number of anilines is 1. The van der Waals surface area contributed by atoms with Crippen molar-refractivity contribution in [2.45, 2.75) is 44.3 Å².